The van der Waals surface area contributed by atoms with Crippen LogP contribution in [0, 0.1) is 5.92 Å². The van der Waals surface area contributed by atoms with Gasteiger partial charge in [-0.1, -0.05) is 0 Å². The molecular weight excluding hydrogens is 381 g/mol. The smallest absolute Gasteiger partial charge is 0.191 e. The van der Waals surface area contributed by atoms with Crippen LogP contribution in [-0.2, 0) is 9.47 Å². The van der Waals surface area contributed by atoms with E-state index in [4.69, 9.17) is 9.47 Å². The summed E-state index contributed by atoms with van der Waals surface area (Å²) in [6, 6.07) is 0. The van der Waals surface area contributed by atoms with Crippen molar-refractivity contribution in [3.05, 3.63) is 0 Å². The third kappa shape index (κ3) is 11.2. The molecule has 0 aromatic carbocycles. The van der Waals surface area contributed by atoms with Gasteiger partial charge in [0.2, 0.25) is 0 Å². The third-order valence-corrected chi connectivity index (χ3v) is 2.93. The molecule has 1 atom stereocenters. The highest BCUT2D eigenvalue weighted by molar-refractivity contribution is 14.0. The zero-order valence-electron chi connectivity index (χ0n) is 13.9. The minimum atomic E-state index is 0. The maximum absolute atomic E-state index is 5.67. The first kappa shape index (κ1) is 20.9. The Hall–Kier alpha value is -0.0800. The number of nitrogens with zero attached hydrogens (tertiary/aromatic N) is 1. The van der Waals surface area contributed by atoms with Crippen molar-refractivity contribution >= 4 is 29.9 Å². The second-order valence-corrected chi connectivity index (χ2v) is 6.29. The minimum absolute atomic E-state index is 0. The standard InChI is InChI=1S/C15H31N3O2.HI/c1-5-16-14(18-15(2,3)4)17-8-6-9-19-11-13-7-10-20-12-13;/h13H,5-12H2,1-4H3,(H2,16,17,18);1H. The van der Waals surface area contributed by atoms with Crippen LogP contribution in [-0.4, -0.2) is 51.0 Å². The fourth-order valence-corrected chi connectivity index (χ4v) is 1.98. The van der Waals surface area contributed by atoms with Crippen molar-refractivity contribution in [2.75, 3.05) is 39.5 Å². The molecule has 1 rings (SSSR count). The number of guanidine groups is 1. The summed E-state index contributed by atoms with van der Waals surface area (Å²) in [7, 11) is 0. The predicted molar refractivity (Wildman–Crippen MR) is 98.6 cm³/mol. The van der Waals surface area contributed by atoms with Crippen molar-refractivity contribution in [1.29, 1.82) is 0 Å². The van der Waals surface area contributed by atoms with Crippen LogP contribution in [0.5, 0.6) is 0 Å². The van der Waals surface area contributed by atoms with Crippen LogP contribution in [0.4, 0.5) is 0 Å². The monoisotopic (exact) mass is 413 g/mol. The van der Waals surface area contributed by atoms with Crippen LogP contribution in [0.1, 0.15) is 40.5 Å². The van der Waals surface area contributed by atoms with E-state index in [9.17, 15) is 0 Å². The molecule has 1 aliphatic rings. The zero-order valence-corrected chi connectivity index (χ0v) is 16.2. The van der Waals surface area contributed by atoms with Gasteiger partial charge in [0.25, 0.3) is 0 Å². The Morgan fingerprint density at radius 1 is 1.38 bits per heavy atom. The lowest BCUT2D eigenvalue weighted by Crippen LogP contribution is -2.47. The van der Waals surface area contributed by atoms with Crippen LogP contribution in [0.25, 0.3) is 0 Å². The quantitative estimate of drug-likeness (QED) is 0.291. The number of hydrogen-bond donors (Lipinski definition) is 2. The van der Waals surface area contributed by atoms with Crippen molar-refractivity contribution in [2.45, 2.75) is 46.1 Å². The highest BCUT2D eigenvalue weighted by Crippen LogP contribution is 2.12. The average Bonchev–Trinajstić information content (AvgIpc) is 2.84. The molecule has 1 saturated heterocycles. The van der Waals surface area contributed by atoms with Crippen molar-refractivity contribution < 1.29 is 9.47 Å². The maximum Gasteiger partial charge on any atom is 0.191 e. The number of aliphatic imine (C=N–C) groups is 1. The fourth-order valence-electron chi connectivity index (χ4n) is 1.98. The summed E-state index contributed by atoms with van der Waals surface area (Å²) in [6.45, 7) is 13.5. The molecule has 5 nitrogen and oxygen atoms in total. The summed E-state index contributed by atoms with van der Waals surface area (Å²) in [6.07, 6.45) is 2.09. The molecule has 126 valence electrons. The number of ether oxygens (including phenoxy) is 2. The van der Waals surface area contributed by atoms with E-state index < -0.39 is 0 Å². The summed E-state index contributed by atoms with van der Waals surface area (Å²) in [5, 5.41) is 6.63. The molecule has 0 saturated carbocycles. The van der Waals surface area contributed by atoms with Crippen LogP contribution < -0.4 is 10.6 Å². The van der Waals surface area contributed by atoms with Crippen molar-refractivity contribution in [3.63, 3.8) is 0 Å². The van der Waals surface area contributed by atoms with Gasteiger partial charge < -0.3 is 20.1 Å². The highest BCUT2D eigenvalue weighted by atomic mass is 127. The topological polar surface area (TPSA) is 54.9 Å². The van der Waals surface area contributed by atoms with Gasteiger partial charge in [0.1, 0.15) is 0 Å². The molecule has 2 N–H and O–H groups in total. The zero-order chi connectivity index (χ0) is 14.8. The second-order valence-electron chi connectivity index (χ2n) is 6.29. The SMILES string of the molecule is CCNC(=NCCCOCC1CCOC1)NC(C)(C)C.I. The van der Waals surface area contributed by atoms with Gasteiger partial charge in [-0.25, -0.2) is 0 Å². The number of halogens is 1. The number of hydrogen-bond acceptors (Lipinski definition) is 3. The average molecular weight is 413 g/mol. The number of rotatable bonds is 7. The lowest BCUT2D eigenvalue weighted by atomic mass is 10.1. The molecule has 0 bridgehead atoms. The molecule has 0 aromatic rings. The molecule has 6 heteroatoms. The van der Waals surface area contributed by atoms with Crippen molar-refractivity contribution in [2.24, 2.45) is 10.9 Å². The number of nitrogens with one attached hydrogen (secondary N) is 2. The Morgan fingerprint density at radius 2 is 2.14 bits per heavy atom. The van der Waals surface area contributed by atoms with Gasteiger partial charge in [0, 0.05) is 37.8 Å². The molecule has 0 radical (unpaired) electrons. The molecule has 1 heterocycles. The van der Waals surface area contributed by atoms with Gasteiger partial charge in [-0.05, 0) is 40.5 Å². The Kier molecular flexibility index (Phi) is 11.4. The Morgan fingerprint density at radius 3 is 2.71 bits per heavy atom. The van der Waals surface area contributed by atoms with Crippen LogP contribution >= 0.6 is 24.0 Å². The Labute approximate surface area is 146 Å². The largest absolute Gasteiger partial charge is 0.381 e. The van der Waals surface area contributed by atoms with E-state index in [1.165, 1.54) is 0 Å². The summed E-state index contributed by atoms with van der Waals surface area (Å²) in [5.74, 6) is 1.47. The maximum atomic E-state index is 5.67. The van der Waals surface area contributed by atoms with E-state index in [2.05, 4.69) is 43.3 Å². The first-order valence-corrected chi connectivity index (χ1v) is 7.73. The Balaban J connectivity index is 0.00000400. The van der Waals surface area contributed by atoms with E-state index >= 15 is 0 Å². The molecule has 21 heavy (non-hydrogen) atoms. The summed E-state index contributed by atoms with van der Waals surface area (Å²) >= 11 is 0. The molecule has 0 spiro atoms. The molecule has 0 amide bonds. The van der Waals surface area contributed by atoms with Crippen LogP contribution in [0.15, 0.2) is 4.99 Å². The first-order chi connectivity index (χ1) is 9.51. The van der Waals surface area contributed by atoms with E-state index in [-0.39, 0.29) is 29.5 Å². The van der Waals surface area contributed by atoms with Gasteiger partial charge in [-0.3, -0.25) is 4.99 Å². The van der Waals surface area contributed by atoms with Gasteiger partial charge in [-0.15, -0.1) is 24.0 Å². The molecule has 1 unspecified atom stereocenters. The molecule has 1 fully saturated rings. The highest BCUT2D eigenvalue weighted by Gasteiger charge is 2.15. The second kappa shape index (κ2) is 11.5. The van der Waals surface area contributed by atoms with E-state index in [1.807, 2.05) is 0 Å². The van der Waals surface area contributed by atoms with E-state index in [0.29, 0.717) is 5.92 Å². The first-order valence-electron chi connectivity index (χ1n) is 7.73. The molecule has 0 aliphatic carbocycles. The van der Waals surface area contributed by atoms with Gasteiger partial charge in [0.05, 0.1) is 13.2 Å². The third-order valence-electron chi connectivity index (χ3n) is 2.93. The summed E-state index contributed by atoms with van der Waals surface area (Å²) in [5.41, 5.74) is 0.0278. The van der Waals surface area contributed by atoms with Crippen molar-refractivity contribution in [1.82, 2.24) is 10.6 Å². The molecule has 0 aromatic heterocycles. The predicted octanol–water partition coefficient (Wildman–Crippen LogP) is 2.40. The van der Waals surface area contributed by atoms with Crippen LogP contribution in [0.2, 0.25) is 0 Å². The molecular formula is C15H32IN3O2. The molecule has 1 aliphatic heterocycles. The summed E-state index contributed by atoms with van der Waals surface area (Å²) in [4.78, 5) is 4.56. The summed E-state index contributed by atoms with van der Waals surface area (Å²) < 4.78 is 11.0. The van der Waals surface area contributed by atoms with Gasteiger partial charge in [0.15, 0.2) is 5.96 Å². The van der Waals surface area contributed by atoms with Crippen LogP contribution in [0.3, 0.4) is 0 Å². The van der Waals surface area contributed by atoms with Gasteiger partial charge in [-0.2, -0.15) is 0 Å². The van der Waals surface area contributed by atoms with E-state index in [0.717, 1.165) is 58.3 Å². The van der Waals surface area contributed by atoms with Crippen molar-refractivity contribution in [3.8, 4) is 0 Å². The lowest BCUT2D eigenvalue weighted by molar-refractivity contribution is 0.0893. The van der Waals surface area contributed by atoms with Gasteiger partial charge >= 0.3 is 0 Å². The lowest BCUT2D eigenvalue weighted by Gasteiger charge is -2.23. The fraction of sp³-hybridized carbons (Fsp3) is 0.933. The Bertz CT molecular complexity index is 287. The minimum Gasteiger partial charge on any atom is -0.381 e. The normalized spacial score (nSPS) is 19.2. The van der Waals surface area contributed by atoms with E-state index in [1.54, 1.807) is 0 Å².